The highest BCUT2D eigenvalue weighted by Gasteiger charge is 2.14. The molecule has 2 nitrogen and oxygen atoms in total. The van der Waals surface area contributed by atoms with Crippen LogP contribution in [0.4, 0.5) is 4.53 Å². The van der Waals surface area contributed by atoms with Crippen molar-refractivity contribution in [2.24, 2.45) is 5.41 Å². The Hall–Kier alpha value is -0.770. The first-order chi connectivity index (χ1) is 7.83. The molecule has 0 amide bonds. The molecule has 0 aliphatic carbocycles. The summed E-state index contributed by atoms with van der Waals surface area (Å²) in [6.07, 6.45) is 6.37. The van der Waals surface area contributed by atoms with Crippen LogP contribution in [0.1, 0.15) is 40.5 Å². The highest BCUT2D eigenvalue weighted by Crippen LogP contribution is 2.32. The quantitative estimate of drug-likeness (QED) is 0.688. The molecular formula is C13H23FO2S. The molecule has 0 aliphatic rings. The lowest BCUT2D eigenvalue weighted by atomic mass is 9.96. The molecule has 0 radical (unpaired) electrons. The Balaban J connectivity index is 0. The fourth-order valence-corrected chi connectivity index (χ4v) is 1.96. The third-order valence-electron chi connectivity index (χ3n) is 1.86. The summed E-state index contributed by atoms with van der Waals surface area (Å²) in [6, 6.07) is 0. The summed E-state index contributed by atoms with van der Waals surface area (Å²) < 4.78 is 10.8. The van der Waals surface area contributed by atoms with Crippen molar-refractivity contribution in [1.82, 2.24) is 0 Å². The highest BCUT2D eigenvalue weighted by molar-refractivity contribution is 8.02. The molecule has 0 heterocycles. The molecule has 0 rings (SSSR count). The van der Waals surface area contributed by atoms with Crippen LogP contribution in [0, 0.1) is 5.41 Å². The molecule has 0 unspecified atom stereocenters. The van der Waals surface area contributed by atoms with Gasteiger partial charge in [-0.1, -0.05) is 32.9 Å². The number of allylic oxidation sites excluding steroid dienone is 3. The standard InChI is InChI=1S/C8H16S.C5H7FO2/c1-6-7(9-5)8(2,3)4;1-2-3-4-5(7)8-6/h6H,1-5H3;2H,1,3-4H2/b7-6-;. The van der Waals surface area contributed by atoms with E-state index < -0.39 is 5.97 Å². The van der Waals surface area contributed by atoms with Crippen molar-refractivity contribution in [3.63, 3.8) is 0 Å². The molecule has 4 heteroatoms. The summed E-state index contributed by atoms with van der Waals surface area (Å²) in [5, 5.41) is 0. The summed E-state index contributed by atoms with van der Waals surface area (Å²) in [5.41, 5.74) is 0.341. The van der Waals surface area contributed by atoms with Crippen molar-refractivity contribution >= 4 is 17.7 Å². The van der Waals surface area contributed by atoms with Crippen molar-refractivity contribution in [3.05, 3.63) is 23.6 Å². The third kappa shape index (κ3) is 11.5. The SMILES string of the molecule is C/C=C(\SC)C(C)(C)C.C=CCCC(=O)OF. The summed E-state index contributed by atoms with van der Waals surface area (Å²) >= 11 is 1.84. The fourth-order valence-electron chi connectivity index (χ4n) is 1.12. The highest BCUT2D eigenvalue weighted by atomic mass is 32.2. The van der Waals surface area contributed by atoms with E-state index in [2.05, 4.69) is 51.5 Å². The summed E-state index contributed by atoms with van der Waals surface area (Å²) in [7, 11) is 0. The molecule has 100 valence electrons. The second kappa shape index (κ2) is 10.4. The first-order valence-corrected chi connectivity index (χ1v) is 6.69. The number of carbonyl (C=O) groups is 1. The van der Waals surface area contributed by atoms with Gasteiger partial charge in [0, 0.05) is 4.53 Å². The zero-order valence-corrected chi connectivity index (χ0v) is 12.2. The first-order valence-electron chi connectivity index (χ1n) is 5.46. The maximum absolute atomic E-state index is 10.8. The minimum atomic E-state index is -0.843. The predicted octanol–water partition coefficient (Wildman–Crippen LogP) is 4.68. The normalized spacial score (nSPS) is 11.3. The van der Waals surface area contributed by atoms with E-state index >= 15 is 0 Å². The molecule has 17 heavy (non-hydrogen) atoms. The zero-order chi connectivity index (χ0) is 13.9. The molecule has 0 aromatic carbocycles. The van der Waals surface area contributed by atoms with Gasteiger partial charge in [0.05, 0.1) is 6.42 Å². The van der Waals surface area contributed by atoms with Crippen LogP contribution in [0.2, 0.25) is 0 Å². The van der Waals surface area contributed by atoms with Gasteiger partial charge in [0.15, 0.2) is 0 Å². The Morgan fingerprint density at radius 1 is 1.47 bits per heavy atom. The molecule has 0 aliphatic heterocycles. The largest absolute Gasteiger partial charge is 0.349 e. The van der Waals surface area contributed by atoms with Crippen molar-refractivity contribution < 1.29 is 14.3 Å². The molecule has 0 aromatic heterocycles. The van der Waals surface area contributed by atoms with Crippen LogP contribution in [0.5, 0.6) is 0 Å². The lowest BCUT2D eigenvalue weighted by molar-refractivity contribution is -0.183. The van der Waals surface area contributed by atoms with Crippen LogP contribution in [0.25, 0.3) is 0 Å². The predicted molar refractivity (Wildman–Crippen MR) is 73.4 cm³/mol. The second-order valence-electron chi connectivity index (χ2n) is 4.38. The first kappa shape index (κ1) is 18.6. The molecule has 0 aromatic rings. The summed E-state index contributed by atoms with van der Waals surface area (Å²) in [5.74, 6) is -0.843. The van der Waals surface area contributed by atoms with Gasteiger partial charge in [0.25, 0.3) is 0 Å². The minimum Gasteiger partial charge on any atom is -0.255 e. The molecule has 0 spiro atoms. The Bertz CT molecular complexity index is 255. The Morgan fingerprint density at radius 3 is 2.18 bits per heavy atom. The molecule has 0 bridgehead atoms. The summed E-state index contributed by atoms with van der Waals surface area (Å²) in [4.78, 5) is 14.3. The van der Waals surface area contributed by atoms with Crippen LogP contribution < -0.4 is 0 Å². The Kier molecular flexibility index (Phi) is 11.4. The van der Waals surface area contributed by atoms with Crippen LogP contribution in [-0.4, -0.2) is 12.2 Å². The monoisotopic (exact) mass is 262 g/mol. The third-order valence-corrected chi connectivity index (χ3v) is 3.15. The number of thioether (sulfide) groups is 1. The van der Waals surface area contributed by atoms with Crippen LogP contribution in [0.15, 0.2) is 23.6 Å². The zero-order valence-electron chi connectivity index (χ0n) is 11.4. The van der Waals surface area contributed by atoms with E-state index in [-0.39, 0.29) is 6.42 Å². The van der Waals surface area contributed by atoms with Crippen LogP contribution in [-0.2, 0) is 9.74 Å². The van der Waals surface area contributed by atoms with Crippen molar-refractivity contribution in [3.8, 4) is 0 Å². The van der Waals surface area contributed by atoms with Gasteiger partial charge in [-0.05, 0) is 29.9 Å². The van der Waals surface area contributed by atoms with Gasteiger partial charge in [-0.15, -0.1) is 18.3 Å². The molecule has 0 saturated heterocycles. The average Bonchev–Trinajstić information content (AvgIpc) is 2.26. The number of hydrogen-bond acceptors (Lipinski definition) is 3. The van der Waals surface area contributed by atoms with Gasteiger partial charge in [-0.2, -0.15) is 0 Å². The molecule has 0 saturated carbocycles. The van der Waals surface area contributed by atoms with Gasteiger partial charge < -0.3 is 0 Å². The van der Waals surface area contributed by atoms with Gasteiger partial charge >= 0.3 is 5.97 Å². The van der Waals surface area contributed by atoms with E-state index in [1.807, 2.05) is 11.8 Å². The Labute approximate surface area is 108 Å². The average molecular weight is 262 g/mol. The number of hydrogen-bond donors (Lipinski definition) is 0. The van der Waals surface area contributed by atoms with E-state index in [4.69, 9.17) is 0 Å². The maximum atomic E-state index is 10.8. The molecule has 0 fully saturated rings. The van der Waals surface area contributed by atoms with Crippen LogP contribution in [0.3, 0.4) is 0 Å². The number of halogens is 1. The smallest absolute Gasteiger partial charge is 0.255 e. The van der Waals surface area contributed by atoms with E-state index in [0.29, 0.717) is 11.8 Å². The van der Waals surface area contributed by atoms with E-state index in [1.165, 1.54) is 11.0 Å². The van der Waals surface area contributed by atoms with Crippen molar-refractivity contribution in [2.75, 3.05) is 6.26 Å². The summed E-state index contributed by atoms with van der Waals surface area (Å²) in [6.45, 7) is 12.1. The van der Waals surface area contributed by atoms with E-state index in [9.17, 15) is 9.32 Å². The van der Waals surface area contributed by atoms with Gasteiger partial charge in [-0.25, -0.2) is 4.79 Å². The lowest BCUT2D eigenvalue weighted by Gasteiger charge is -2.20. The minimum absolute atomic E-state index is 0.0694. The van der Waals surface area contributed by atoms with E-state index in [1.54, 1.807) is 0 Å². The van der Waals surface area contributed by atoms with Crippen molar-refractivity contribution in [1.29, 1.82) is 0 Å². The van der Waals surface area contributed by atoms with Gasteiger partial charge in [0.2, 0.25) is 0 Å². The van der Waals surface area contributed by atoms with Crippen LogP contribution >= 0.6 is 11.8 Å². The molecule has 0 atom stereocenters. The van der Waals surface area contributed by atoms with Crippen molar-refractivity contribution in [2.45, 2.75) is 40.5 Å². The van der Waals surface area contributed by atoms with E-state index in [0.717, 1.165) is 0 Å². The number of carbonyl (C=O) groups excluding carboxylic acids is 1. The maximum Gasteiger partial charge on any atom is 0.349 e. The molecule has 0 N–H and O–H groups in total. The van der Waals surface area contributed by atoms with Gasteiger partial charge in [-0.3, -0.25) is 4.94 Å². The van der Waals surface area contributed by atoms with Gasteiger partial charge in [0.1, 0.15) is 0 Å². The lowest BCUT2D eigenvalue weighted by Crippen LogP contribution is -2.05. The molecular weight excluding hydrogens is 239 g/mol. The topological polar surface area (TPSA) is 26.3 Å². The Morgan fingerprint density at radius 2 is 2.00 bits per heavy atom. The number of rotatable bonds is 4. The second-order valence-corrected chi connectivity index (χ2v) is 5.23. The fraction of sp³-hybridized carbons (Fsp3) is 0.615.